The highest BCUT2D eigenvalue weighted by Gasteiger charge is 2.22. The van der Waals surface area contributed by atoms with Crippen molar-refractivity contribution in [3.63, 3.8) is 0 Å². The van der Waals surface area contributed by atoms with Crippen molar-refractivity contribution < 1.29 is 4.74 Å². The summed E-state index contributed by atoms with van der Waals surface area (Å²) in [5, 5.41) is 1.19. The Labute approximate surface area is 175 Å². The number of rotatable bonds is 5. The molecule has 1 aliphatic rings. The van der Waals surface area contributed by atoms with Gasteiger partial charge in [-0.3, -0.25) is 9.88 Å². The molecule has 0 spiro atoms. The van der Waals surface area contributed by atoms with Crippen LogP contribution in [0, 0.1) is 0 Å². The number of thioether (sulfide) groups is 1. The van der Waals surface area contributed by atoms with Crippen molar-refractivity contribution in [2.45, 2.75) is 23.7 Å². The van der Waals surface area contributed by atoms with E-state index in [0.29, 0.717) is 6.73 Å². The van der Waals surface area contributed by atoms with Gasteiger partial charge in [-0.1, -0.05) is 54.6 Å². The number of fused-ring (bicyclic) bond motifs is 3. The summed E-state index contributed by atoms with van der Waals surface area (Å²) in [4.78, 5) is 8.28. The van der Waals surface area contributed by atoms with Gasteiger partial charge in [0.05, 0.1) is 0 Å². The van der Waals surface area contributed by atoms with Gasteiger partial charge in [0.1, 0.15) is 12.2 Å². The summed E-state index contributed by atoms with van der Waals surface area (Å²) in [5.74, 6) is 1.86. The number of ether oxygens (including phenoxy) is 1. The van der Waals surface area contributed by atoms with Crippen LogP contribution in [0.4, 0.5) is 0 Å². The van der Waals surface area contributed by atoms with Crippen LogP contribution in [0.15, 0.2) is 90.0 Å². The molecule has 0 fully saturated rings. The standard InChI is InChI=1S/C25H22N2OS/c1-3-8-19(9-4-1)15-27-16-20-14-21(17-29-22-10-5-2-6-11-22)23-12-7-13-26-24(23)25(20)28-18-27/h1-14H,15-18H2. The van der Waals surface area contributed by atoms with Gasteiger partial charge in [0.15, 0.2) is 5.75 Å². The van der Waals surface area contributed by atoms with Gasteiger partial charge >= 0.3 is 0 Å². The Balaban J connectivity index is 1.44. The second kappa shape index (κ2) is 8.27. The van der Waals surface area contributed by atoms with E-state index >= 15 is 0 Å². The summed E-state index contributed by atoms with van der Waals surface area (Å²) in [5.41, 5.74) is 4.82. The average molecular weight is 399 g/mol. The summed E-state index contributed by atoms with van der Waals surface area (Å²) < 4.78 is 6.20. The lowest BCUT2D eigenvalue weighted by Gasteiger charge is -2.30. The Hall–Kier alpha value is -2.82. The predicted octanol–water partition coefficient (Wildman–Crippen LogP) is 5.88. The first-order valence-electron chi connectivity index (χ1n) is 9.83. The third kappa shape index (κ3) is 4.00. The van der Waals surface area contributed by atoms with E-state index in [2.05, 4.69) is 82.7 Å². The number of aromatic nitrogens is 1. The summed E-state index contributed by atoms with van der Waals surface area (Å²) >= 11 is 1.86. The summed E-state index contributed by atoms with van der Waals surface area (Å²) in [7, 11) is 0. The smallest absolute Gasteiger partial charge is 0.152 e. The second-order valence-electron chi connectivity index (χ2n) is 7.27. The van der Waals surface area contributed by atoms with Crippen molar-refractivity contribution in [2.75, 3.05) is 6.73 Å². The Kier molecular flexibility index (Phi) is 5.20. The Morgan fingerprint density at radius 3 is 2.55 bits per heavy atom. The molecule has 0 unspecified atom stereocenters. The van der Waals surface area contributed by atoms with E-state index in [4.69, 9.17) is 4.74 Å². The SMILES string of the molecule is c1ccc(CN2COc3c(cc(CSc4ccccc4)c4cccnc34)C2)cc1. The van der Waals surface area contributed by atoms with Gasteiger partial charge in [-0.05, 0) is 35.4 Å². The molecule has 0 saturated heterocycles. The fourth-order valence-electron chi connectivity index (χ4n) is 3.81. The van der Waals surface area contributed by atoms with Crippen molar-refractivity contribution in [3.8, 4) is 5.75 Å². The van der Waals surface area contributed by atoms with Crippen LogP contribution in [0.2, 0.25) is 0 Å². The predicted molar refractivity (Wildman–Crippen MR) is 119 cm³/mol. The Morgan fingerprint density at radius 2 is 1.72 bits per heavy atom. The highest BCUT2D eigenvalue weighted by molar-refractivity contribution is 7.98. The number of hydrogen-bond acceptors (Lipinski definition) is 4. The first-order chi connectivity index (χ1) is 14.4. The van der Waals surface area contributed by atoms with E-state index in [1.54, 1.807) is 0 Å². The van der Waals surface area contributed by atoms with Crippen LogP contribution in [-0.4, -0.2) is 16.6 Å². The zero-order valence-corrected chi connectivity index (χ0v) is 16.9. The number of nitrogens with zero attached hydrogens (tertiary/aromatic N) is 2. The lowest BCUT2D eigenvalue weighted by molar-refractivity contribution is 0.0901. The zero-order chi connectivity index (χ0) is 19.5. The highest BCUT2D eigenvalue weighted by Crippen LogP contribution is 2.37. The second-order valence-corrected chi connectivity index (χ2v) is 8.32. The number of hydrogen-bond donors (Lipinski definition) is 0. The molecule has 1 aliphatic heterocycles. The van der Waals surface area contributed by atoms with Crippen LogP contribution in [0.3, 0.4) is 0 Å². The fourth-order valence-corrected chi connectivity index (χ4v) is 4.72. The van der Waals surface area contributed by atoms with Crippen LogP contribution in [-0.2, 0) is 18.8 Å². The molecule has 0 amide bonds. The van der Waals surface area contributed by atoms with Crippen molar-refractivity contribution in [3.05, 3.63) is 102 Å². The number of pyridine rings is 1. The molecule has 0 saturated carbocycles. The molecule has 4 aromatic rings. The molecule has 1 aromatic heterocycles. The molecule has 4 heteroatoms. The minimum Gasteiger partial charge on any atom is -0.475 e. The van der Waals surface area contributed by atoms with Gasteiger partial charge in [0, 0.05) is 40.9 Å². The topological polar surface area (TPSA) is 25.4 Å². The van der Waals surface area contributed by atoms with E-state index in [1.807, 2.05) is 24.0 Å². The summed E-state index contributed by atoms with van der Waals surface area (Å²) in [6.07, 6.45) is 1.86. The summed E-state index contributed by atoms with van der Waals surface area (Å²) in [6, 6.07) is 27.6. The lowest BCUT2D eigenvalue weighted by Crippen LogP contribution is -2.31. The summed E-state index contributed by atoms with van der Waals surface area (Å²) in [6.45, 7) is 2.35. The van der Waals surface area contributed by atoms with E-state index in [1.165, 1.54) is 27.0 Å². The maximum atomic E-state index is 6.20. The van der Waals surface area contributed by atoms with Gasteiger partial charge in [0.2, 0.25) is 0 Å². The zero-order valence-electron chi connectivity index (χ0n) is 16.1. The average Bonchev–Trinajstić information content (AvgIpc) is 2.79. The molecule has 29 heavy (non-hydrogen) atoms. The highest BCUT2D eigenvalue weighted by atomic mass is 32.2. The molecule has 0 aliphatic carbocycles. The molecular formula is C25H22N2OS. The number of benzene rings is 3. The van der Waals surface area contributed by atoms with Crippen LogP contribution in [0.1, 0.15) is 16.7 Å². The minimum absolute atomic E-state index is 0.589. The molecule has 0 bridgehead atoms. The van der Waals surface area contributed by atoms with Crippen molar-refractivity contribution in [1.82, 2.24) is 9.88 Å². The van der Waals surface area contributed by atoms with Gasteiger partial charge in [0.25, 0.3) is 0 Å². The maximum absolute atomic E-state index is 6.20. The third-order valence-corrected chi connectivity index (χ3v) is 6.24. The van der Waals surface area contributed by atoms with E-state index in [-0.39, 0.29) is 0 Å². The molecule has 2 heterocycles. The minimum atomic E-state index is 0.589. The van der Waals surface area contributed by atoms with Crippen molar-refractivity contribution in [2.24, 2.45) is 0 Å². The van der Waals surface area contributed by atoms with E-state index in [9.17, 15) is 0 Å². The first-order valence-corrected chi connectivity index (χ1v) is 10.8. The van der Waals surface area contributed by atoms with Crippen LogP contribution in [0.5, 0.6) is 5.75 Å². The van der Waals surface area contributed by atoms with Crippen LogP contribution >= 0.6 is 11.8 Å². The van der Waals surface area contributed by atoms with Crippen LogP contribution in [0.25, 0.3) is 10.9 Å². The normalized spacial score (nSPS) is 13.8. The van der Waals surface area contributed by atoms with Gasteiger partial charge in [-0.2, -0.15) is 0 Å². The van der Waals surface area contributed by atoms with Crippen LogP contribution < -0.4 is 4.74 Å². The molecule has 0 radical (unpaired) electrons. The molecule has 5 rings (SSSR count). The molecule has 144 valence electrons. The first kappa shape index (κ1) is 18.2. The lowest BCUT2D eigenvalue weighted by atomic mass is 10.0. The fraction of sp³-hybridized carbons (Fsp3) is 0.160. The Morgan fingerprint density at radius 1 is 0.931 bits per heavy atom. The quantitative estimate of drug-likeness (QED) is 0.392. The molecule has 0 N–H and O–H groups in total. The van der Waals surface area contributed by atoms with E-state index in [0.717, 1.165) is 30.1 Å². The van der Waals surface area contributed by atoms with Crippen molar-refractivity contribution >= 4 is 22.7 Å². The maximum Gasteiger partial charge on any atom is 0.152 e. The molecule has 3 nitrogen and oxygen atoms in total. The largest absolute Gasteiger partial charge is 0.475 e. The van der Waals surface area contributed by atoms with Crippen molar-refractivity contribution in [1.29, 1.82) is 0 Å². The molecular weight excluding hydrogens is 376 g/mol. The molecule has 3 aromatic carbocycles. The van der Waals surface area contributed by atoms with Gasteiger partial charge in [-0.15, -0.1) is 11.8 Å². The Bertz CT molecular complexity index is 1120. The van der Waals surface area contributed by atoms with Gasteiger partial charge < -0.3 is 4.74 Å². The third-order valence-electron chi connectivity index (χ3n) is 5.18. The van der Waals surface area contributed by atoms with Gasteiger partial charge in [-0.25, -0.2) is 0 Å². The van der Waals surface area contributed by atoms with E-state index < -0.39 is 0 Å². The molecule has 0 atom stereocenters. The monoisotopic (exact) mass is 398 g/mol.